The SMILES string of the molecule is CC(C)(C#N)c1ccc(CN2CC[C@@]3(CCN(c4ncnc5sc(CC(F)(F)F)nc45)C3)C2)cc1. The van der Waals surface area contributed by atoms with Crippen LogP contribution in [0.3, 0.4) is 0 Å². The number of nitriles is 1. The number of thiazole rings is 1. The standard InChI is InChI=1S/C25H27F3N6S/c1-23(2,13-29)18-5-3-17(4-6-18)12-33-9-7-24(14-33)8-10-34(15-24)21-20-22(31-16-30-21)35-19(32-20)11-25(26,27)28/h3-6,16H,7-12,14-15H2,1-2H3/t24-/m1/s1. The number of anilines is 1. The first-order valence-corrected chi connectivity index (χ1v) is 12.5. The molecule has 1 aromatic carbocycles. The van der Waals surface area contributed by atoms with Gasteiger partial charge in [0.25, 0.3) is 0 Å². The first kappa shape index (κ1) is 23.9. The van der Waals surface area contributed by atoms with Crippen LogP contribution in [-0.2, 0) is 18.4 Å². The topological polar surface area (TPSA) is 68.9 Å². The van der Waals surface area contributed by atoms with Crippen LogP contribution in [-0.4, -0.2) is 52.2 Å². The van der Waals surface area contributed by atoms with Crippen LogP contribution in [0.5, 0.6) is 0 Å². The third kappa shape index (κ3) is 4.98. The average Bonchev–Trinajstić information content (AvgIpc) is 3.51. The zero-order valence-electron chi connectivity index (χ0n) is 19.8. The van der Waals surface area contributed by atoms with E-state index in [-0.39, 0.29) is 10.4 Å². The summed E-state index contributed by atoms with van der Waals surface area (Å²) in [6.45, 7) is 8.31. The van der Waals surface area contributed by atoms with Gasteiger partial charge < -0.3 is 4.90 Å². The van der Waals surface area contributed by atoms with Crippen molar-refractivity contribution >= 4 is 27.5 Å². The molecule has 35 heavy (non-hydrogen) atoms. The van der Waals surface area contributed by atoms with E-state index in [4.69, 9.17) is 0 Å². The monoisotopic (exact) mass is 500 g/mol. The van der Waals surface area contributed by atoms with E-state index in [1.165, 1.54) is 11.9 Å². The summed E-state index contributed by atoms with van der Waals surface area (Å²) in [5.41, 5.74) is 2.37. The average molecular weight is 501 g/mol. The lowest BCUT2D eigenvalue weighted by Crippen LogP contribution is -2.31. The van der Waals surface area contributed by atoms with Crippen molar-refractivity contribution in [1.82, 2.24) is 19.9 Å². The zero-order valence-corrected chi connectivity index (χ0v) is 20.6. The van der Waals surface area contributed by atoms with E-state index >= 15 is 0 Å². The van der Waals surface area contributed by atoms with Gasteiger partial charge in [-0.2, -0.15) is 18.4 Å². The van der Waals surface area contributed by atoms with Gasteiger partial charge in [0, 0.05) is 31.6 Å². The summed E-state index contributed by atoms with van der Waals surface area (Å²) in [7, 11) is 0. The van der Waals surface area contributed by atoms with Gasteiger partial charge >= 0.3 is 6.18 Å². The molecule has 2 aliphatic rings. The molecule has 0 unspecified atom stereocenters. The van der Waals surface area contributed by atoms with Crippen molar-refractivity contribution in [2.45, 2.75) is 51.2 Å². The number of hydrogen-bond acceptors (Lipinski definition) is 7. The predicted molar refractivity (Wildman–Crippen MR) is 129 cm³/mol. The highest BCUT2D eigenvalue weighted by Gasteiger charge is 2.44. The minimum Gasteiger partial charge on any atom is -0.354 e. The highest BCUT2D eigenvalue weighted by molar-refractivity contribution is 7.18. The Kier molecular flexibility index (Phi) is 5.96. The Labute approximate surface area is 206 Å². The van der Waals surface area contributed by atoms with Gasteiger partial charge in [0.05, 0.1) is 17.9 Å². The van der Waals surface area contributed by atoms with E-state index in [9.17, 15) is 18.4 Å². The Morgan fingerprint density at radius 3 is 2.54 bits per heavy atom. The van der Waals surface area contributed by atoms with Crippen LogP contribution in [0.25, 0.3) is 10.3 Å². The molecule has 1 spiro atoms. The molecule has 2 aromatic heterocycles. The Balaban J connectivity index is 1.26. The van der Waals surface area contributed by atoms with Crippen LogP contribution in [0.4, 0.5) is 19.0 Å². The fourth-order valence-corrected chi connectivity index (χ4v) is 6.15. The fourth-order valence-electron chi connectivity index (χ4n) is 5.23. The van der Waals surface area contributed by atoms with Crippen molar-refractivity contribution in [3.8, 4) is 6.07 Å². The fraction of sp³-hybridized carbons (Fsp3) is 0.520. The maximum atomic E-state index is 12.9. The van der Waals surface area contributed by atoms with Crippen molar-refractivity contribution in [2.75, 3.05) is 31.1 Å². The van der Waals surface area contributed by atoms with Crippen LogP contribution < -0.4 is 4.90 Å². The first-order valence-electron chi connectivity index (χ1n) is 11.7. The van der Waals surface area contributed by atoms with Crippen molar-refractivity contribution < 1.29 is 13.2 Å². The normalized spacial score (nSPS) is 21.3. The molecular formula is C25H27F3N6S. The van der Waals surface area contributed by atoms with Crippen LogP contribution in [0.1, 0.15) is 42.8 Å². The van der Waals surface area contributed by atoms with Gasteiger partial charge in [0.15, 0.2) is 5.82 Å². The summed E-state index contributed by atoms with van der Waals surface area (Å²) in [6, 6.07) is 10.7. The number of hydrogen-bond donors (Lipinski definition) is 0. The summed E-state index contributed by atoms with van der Waals surface area (Å²) >= 11 is 0.991. The van der Waals surface area contributed by atoms with Crippen LogP contribution in [0.15, 0.2) is 30.6 Å². The summed E-state index contributed by atoms with van der Waals surface area (Å²) in [6.07, 6.45) is -1.81. The molecule has 10 heteroatoms. The van der Waals surface area contributed by atoms with E-state index in [1.54, 1.807) is 0 Å². The Bertz CT molecular complexity index is 1260. The van der Waals surface area contributed by atoms with E-state index in [1.807, 2.05) is 26.0 Å². The number of alkyl halides is 3. The highest BCUT2D eigenvalue weighted by atomic mass is 32.1. The van der Waals surface area contributed by atoms with Crippen molar-refractivity contribution in [3.05, 3.63) is 46.7 Å². The van der Waals surface area contributed by atoms with Gasteiger partial charge in [0.2, 0.25) is 0 Å². The quantitative estimate of drug-likeness (QED) is 0.486. The predicted octanol–water partition coefficient (Wildman–Crippen LogP) is 5.09. The molecule has 0 saturated carbocycles. The van der Waals surface area contributed by atoms with Crippen molar-refractivity contribution in [2.24, 2.45) is 5.41 Å². The molecule has 184 valence electrons. The maximum absolute atomic E-state index is 12.9. The van der Waals surface area contributed by atoms with Crippen LogP contribution >= 0.6 is 11.3 Å². The van der Waals surface area contributed by atoms with E-state index in [0.717, 1.165) is 62.5 Å². The largest absolute Gasteiger partial charge is 0.395 e. The second-order valence-electron chi connectivity index (χ2n) is 10.3. The second kappa shape index (κ2) is 8.71. The van der Waals surface area contributed by atoms with Crippen molar-refractivity contribution in [1.29, 1.82) is 5.26 Å². The second-order valence-corrected chi connectivity index (χ2v) is 11.4. The van der Waals surface area contributed by atoms with Gasteiger partial charge in [-0.05, 0) is 44.4 Å². The third-order valence-electron chi connectivity index (χ3n) is 7.19. The highest BCUT2D eigenvalue weighted by Crippen LogP contribution is 2.42. The molecule has 0 aliphatic carbocycles. The molecular weight excluding hydrogens is 473 g/mol. The number of fused-ring (bicyclic) bond motifs is 1. The van der Waals surface area contributed by atoms with Crippen LogP contribution in [0, 0.1) is 16.7 Å². The Morgan fingerprint density at radius 1 is 1.09 bits per heavy atom. The summed E-state index contributed by atoms with van der Waals surface area (Å²) in [5.74, 6) is 0.644. The molecule has 0 radical (unpaired) electrons. The molecule has 0 N–H and O–H groups in total. The lowest BCUT2D eigenvalue weighted by molar-refractivity contribution is -0.127. The molecule has 1 atom stereocenters. The molecule has 2 saturated heterocycles. The lowest BCUT2D eigenvalue weighted by Gasteiger charge is -2.25. The van der Waals surface area contributed by atoms with Gasteiger partial charge in [-0.3, -0.25) is 4.90 Å². The Hall–Kier alpha value is -2.77. The Morgan fingerprint density at radius 2 is 1.83 bits per heavy atom. The summed E-state index contributed by atoms with van der Waals surface area (Å²) in [4.78, 5) is 18.0. The van der Waals surface area contributed by atoms with E-state index in [0.29, 0.717) is 16.2 Å². The summed E-state index contributed by atoms with van der Waals surface area (Å²) < 4.78 is 38.6. The lowest BCUT2D eigenvalue weighted by atomic mass is 9.86. The molecule has 2 aliphatic heterocycles. The molecule has 0 bridgehead atoms. The molecule has 0 amide bonds. The molecule has 4 heterocycles. The number of nitrogens with zero attached hydrogens (tertiary/aromatic N) is 6. The molecule has 3 aromatic rings. The third-order valence-corrected chi connectivity index (χ3v) is 8.15. The number of rotatable bonds is 5. The minimum atomic E-state index is -4.29. The van der Waals surface area contributed by atoms with Gasteiger partial charge in [-0.1, -0.05) is 35.6 Å². The van der Waals surface area contributed by atoms with E-state index in [2.05, 4.69) is 43.0 Å². The maximum Gasteiger partial charge on any atom is 0.395 e. The first-order chi connectivity index (χ1) is 16.6. The smallest absolute Gasteiger partial charge is 0.354 e. The number of likely N-dealkylation sites (tertiary alicyclic amines) is 1. The number of aromatic nitrogens is 3. The van der Waals surface area contributed by atoms with E-state index < -0.39 is 18.0 Å². The summed E-state index contributed by atoms with van der Waals surface area (Å²) in [5, 5.41) is 9.38. The molecule has 5 rings (SSSR count). The number of halogens is 3. The van der Waals surface area contributed by atoms with Gasteiger partial charge in [-0.15, -0.1) is 0 Å². The van der Waals surface area contributed by atoms with Gasteiger partial charge in [0.1, 0.15) is 21.7 Å². The van der Waals surface area contributed by atoms with Crippen molar-refractivity contribution in [3.63, 3.8) is 0 Å². The molecule has 6 nitrogen and oxygen atoms in total. The molecule has 2 fully saturated rings. The minimum absolute atomic E-state index is 0.0272. The zero-order chi connectivity index (χ0) is 24.8. The number of benzene rings is 1. The van der Waals surface area contributed by atoms with Crippen LogP contribution in [0.2, 0.25) is 0 Å². The van der Waals surface area contributed by atoms with Gasteiger partial charge in [-0.25, -0.2) is 15.0 Å².